The molecule has 1 aliphatic heterocycles. The highest BCUT2D eigenvalue weighted by Gasteiger charge is 2.21. The van der Waals surface area contributed by atoms with E-state index >= 15 is 0 Å². The van der Waals surface area contributed by atoms with Crippen molar-refractivity contribution in [2.24, 2.45) is 14.1 Å². The average molecular weight is 339 g/mol. The summed E-state index contributed by atoms with van der Waals surface area (Å²) in [7, 11) is 3.42. The van der Waals surface area contributed by atoms with E-state index in [4.69, 9.17) is 12.2 Å². The lowest BCUT2D eigenvalue weighted by molar-refractivity contribution is 0.245. The minimum atomic E-state index is -0.143. The molecule has 1 saturated heterocycles. The van der Waals surface area contributed by atoms with Gasteiger partial charge in [-0.15, -0.1) is 0 Å². The largest absolute Gasteiger partial charge is 0.330 e. The van der Waals surface area contributed by atoms with Crippen molar-refractivity contribution in [2.45, 2.75) is 30.2 Å². The molecule has 2 aromatic rings. The fraction of sp³-hybridized carbons (Fsp3) is 0.643. The molecule has 2 aromatic heterocycles. The lowest BCUT2D eigenvalue weighted by atomic mass is 10.1. The van der Waals surface area contributed by atoms with E-state index in [1.165, 1.54) is 24.0 Å². The molecule has 3 rings (SSSR count). The smallest absolute Gasteiger partial charge is 0.329 e. The van der Waals surface area contributed by atoms with Crippen LogP contribution in [-0.2, 0) is 14.1 Å². The maximum absolute atomic E-state index is 12.1. The summed E-state index contributed by atoms with van der Waals surface area (Å²) in [4.78, 5) is 22.4. The van der Waals surface area contributed by atoms with Crippen molar-refractivity contribution in [2.75, 3.05) is 19.6 Å². The number of aromatic amines is 1. The first kappa shape index (κ1) is 15.8. The van der Waals surface area contributed by atoms with Crippen LogP contribution < -0.4 is 5.69 Å². The summed E-state index contributed by atoms with van der Waals surface area (Å²) in [5.41, 5.74) is 1.26. The van der Waals surface area contributed by atoms with E-state index in [1.807, 2.05) is 0 Å². The SMILES string of the molecule is CCN1CCC[C@@H](Sc2nc3c([nH]2)c(=S)n(C)c(=O)n3C)C1. The zero-order chi connectivity index (χ0) is 15.9. The topological polar surface area (TPSA) is 58.9 Å². The predicted molar refractivity (Wildman–Crippen MR) is 92.1 cm³/mol. The zero-order valence-corrected chi connectivity index (χ0v) is 14.8. The summed E-state index contributed by atoms with van der Waals surface area (Å²) in [6.45, 7) is 5.57. The van der Waals surface area contributed by atoms with Gasteiger partial charge in [-0.1, -0.05) is 30.9 Å². The Morgan fingerprint density at radius 3 is 2.91 bits per heavy atom. The zero-order valence-electron chi connectivity index (χ0n) is 13.1. The Balaban J connectivity index is 1.93. The molecule has 1 N–H and O–H groups in total. The van der Waals surface area contributed by atoms with E-state index in [1.54, 1.807) is 30.4 Å². The molecular weight excluding hydrogens is 318 g/mol. The summed E-state index contributed by atoms with van der Waals surface area (Å²) in [6.07, 6.45) is 2.43. The predicted octanol–water partition coefficient (Wildman–Crippen LogP) is 1.91. The van der Waals surface area contributed by atoms with Gasteiger partial charge in [0.1, 0.15) is 10.2 Å². The average Bonchev–Trinajstić information content (AvgIpc) is 2.95. The van der Waals surface area contributed by atoms with Crippen molar-refractivity contribution in [1.82, 2.24) is 24.0 Å². The second-order valence-corrected chi connectivity index (χ2v) is 7.40. The minimum Gasteiger partial charge on any atom is -0.329 e. The molecule has 0 amide bonds. The molecule has 120 valence electrons. The number of nitrogens with one attached hydrogen (secondary N) is 1. The maximum atomic E-state index is 12.1. The molecule has 3 heterocycles. The van der Waals surface area contributed by atoms with Gasteiger partial charge < -0.3 is 9.88 Å². The summed E-state index contributed by atoms with van der Waals surface area (Å²) >= 11 is 7.12. The third-order valence-corrected chi connectivity index (χ3v) is 5.87. The van der Waals surface area contributed by atoms with Crippen LogP contribution in [0.1, 0.15) is 19.8 Å². The van der Waals surface area contributed by atoms with E-state index in [9.17, 15) is 4.79 Å². The first-order chi connectivity index (χ1) is 10.5. The molecule has 0 aromatic carbocycles. The van der Waals surface area contributed by atoms with Crippen LogP contribution in [0.2, 0.25) is 0 Å². The monoisotopic (exact) mass is 339 g/mol. The number of aryl methyl sites for hydroxylation is 1. The number of aromatic nitrogens is 4. The number of rotatable bonds is 3. The second kappa shape index (κ2) is 6.17. The van der Waals surface area contributed by atoms with Crippen molar-refractivity contribution < 1.29 is 0 Å². The van der Waals surface area contributed by atoms with Crippen LogP contribution in [0.4, 0.5) is 0 Å². The number of H-pyrrole nitrogens is 1. The Labute approximate surface area is 138 Å². The summed E-state index contributed by atoms with van der Waals surface area (Å²) in [5.74, 6) is 0. The molecule has 0 bridgehead atoms. The Kier molecular flexibility index (Phi) is 4.42. The van der Waals surface area contributed by atoms with Gasteiger partial charge in [-0.05, 0) is 25.9 Å². The van der Waals surface area contributed by atoms with Gasteiger partial charge in [0.05, 0.1) is 0 Å². The van der Waals surface area contributed by atoms with Crippen LogP contribution in [0.25, 0.3) is 11.2 Å². The number of nitrogens with zero attached hydrogens (tertiary/aromatic N) is 4. The summed E-state index contributed by atoms with van der Waals surface area (Å²) in [5, 5.41) is 1.39. The van der Waals surface area contributed by atoms with Gasteiger partial charge in [0.25, 0.3) is 0 Å². The Bertz CT molecular complexity index is 806. The molecule has 0 saturated carbocycles. The number of hydrogen-bond acceptors (Lipinski definition) is 5. The number of likely N-dealkylation sites (tertiary alicyclic amines) is 1. The molecular formula is C14H21N5OS2. The molecule has 0 aliphatic carbocycles. The van der Waals surface area contributed by atoms with Crippen LogP contribution in [0.3, 0.4) is 0 Å². The number of hydrogen-bond donors (Lipinski definition) is 1. The number of piperidine rings is 1. The molecule has 0 unspecified atom stereocenters. The number of thioether (sulfide) groups is 1. The highest BCUT2D eigenvalue weighted by Crippen LogP contribution is 2.28. The van der Waals surface area contributed by atoms with Gasteiger partial charge in [0.2, 0.25) is 0 Å². The number of fused-ring (bicyclic) bond motifs is 1. The van der Waals surface area contributed by atoms with E-state index < -0.39 is 0 Å². The van der Waals surface area contributed by atoms with Crippen molar-refractivity contribution >= 4 is 35.1 Å². The van der Waals surface area contributed by atoms with E-state index in [0.29, 0.717) is 15.5 Å². The first-order valence-corrected chi connectivity index (χ1v) is 8.84. The third kappa shape index (κ3) is 2.75. The quantitative estimate of drug-likeness (QED) is 0.866. The van der Waals surface area contributed by atoms with Gasteiger partial charge in [-0.2, -0.15) is 0 Å². The van der Waals surface area contributed by atoms with Crippen LogP contribution in [0, 0.1) is 4.64 Å². The van der Waals surface area contributed by atoms with Gasteiger partial charge in [0, 0.05) is 25.9 Å². The molecule has 22 heavy (non-hydrogen) atoms. The van der Waals surface area contributed by atoms with E-state index in [2.05, 4.69) is 21.8 Å². The van der Waals surface area contributed by atoms with Crippen LogP contribution >= 0.6 is 24.0 Å². The minimum absolute atomic E-state index is 0.143. The van der Waals surface area contributed by atoms with Crippen molar-refractivity contribution in [3.05, 3.63) is 15.1 Å². The van der Waals surface area contributed by atoms with E-state index in [0.717, 1.165) is 23.8 Å². The summed E-state index contributed by atoms with van der Waals surface area (Å²) in [6, 6.07) is 0. The second-order valence-electron chi connectivity index (χ2n) is 5.72. The van der Waals surface area contributed by atoms with Crippen molar-refractivity contribution in [3.8, 4) is 0 Å². The highest BCUT2D eigenvalue weighted by molar-refractivity contribution is 7.99. The molecule has 0 radical (unpaired) electrons. The molecule has 1 fully saturated rings. The Hall–Kier alpha value is -1.12. The molecule has 6 nitrogen and oxygen atoms in total. The van der Waals surface area contributed by atoms with Gasteiger partial charge in [0.15, 0.2) is 10.8 Å². The fourth-order valence-corrected chi connectivity index (χ4v) is 4.32. The number of imidazole rings is 1. The lowest BCUT2D eigenvalue weighted by Crippen LogP contribution is -2.36. The van der Waals surface area contributed by atoms with Crippen LogP contribution in [-0.4, -0.2) is 48.9 Å². The molecule has 0 spiro atoms. The van der Waals surface area contributed by atoms with Crippen LogP contribution in [0.5, 0.6) is 0 Å². The molecule has 1 atom stereocenters. The molecule has 8 heteroatoms. The highest BCUT2D eigenvalue weighted by atomic mass is 32.2. The first-order valence-electron chi connectivity index (χ1n) is 7.56. The van der Waals surface area contributed by atoms with Crippen molar-refractivity contribution in [3.63, 3.8) is 0 Å². The van der Waals surface area contributed by atoms with E-state index in [-0.39, 0.29) is 5.69 Å². The van der Waals surface area contributed by atoms with Gasteiger partial charge in [-0.3, -0.25) is 9.13 Å². The van der Waals surface area contributed by atoms with Gasteiger partial charge >= 0.3 is 5.69 Å². The van der Waals surface area contributed by atoms with Crippen molar-refractivity contribution in [1.29, 1.82) is 0 Å². The Morgan fingerprint density at radius 2 is 2.18 bits per heavy atom. The Morgan fingerprint density at radius 1 is 1.41 bits per heavy atom. The maximum Gasteiger partial charge on any atom is 0.330 e. The van der Waals surface area contributed by atoms with Gasteiger partial charge in [-0.25, -0.2) is 9.78 Å². The molecule has 1 aliphatic rings. The normalized spacial score (nSPS) is 19.9. The fourth-order valence-electron chi connectivity index (χ4n) is 2.92. The standard InChI is InChI=1S/C14H21N5OS2/c1-4-19-7-5-6-9(8-19)22-13-15-10-11(16-13)17(2)14(20)18(3)12(10)21/h9H,4-8H2,1-3H3,(H,15,16)/t9-/m1/s1. The lowest BCUT2D eigenvalue weighted by Gasteiger charge is -2.30. The summed E-state index contributed by atoms with van der Waals surface area (Å²) < 4.78 is 3.53. The third-order valence-electron chi connectivity index (χ3n) is 4.26. The van der Waals surface area contributed by atoms with Crippen LogP contribution in [0.15, 0.2) is 9.95 Å².